The monoisotopic (exact) mass is 337 g/mol. The predicted molar refractivity (Wildman–Crippen MR) is 37.1 cm³/mol. The van der Waals surface area contributed by atoms with Crippen molar-refractivity contribution in [3.8, 4) is 0 Å². The fraction of sp³-hybridized carbons (Fsp3) is 0. The van der Waals surface area contributed by atoms with Crippen molar-refractivity contribution in [1.29, 1.82) is 0 Å². The number of hydrogen-bond acceptors (Lipinski definition) is 0. The van der Waals surface area contributed by atoms with Crippen molar-refractivity contribution < 1.29 is 83.8 Å². The first kappa shape index (κ1) is 31.9. The summed E-state index contributed by atoms with van der Waals surface area (Å²) < 4.78 is 146. The van der Waals surface area contributed by atoms with Crippen LogP contribution in [0.5, 0.6) is 0 Å². The molecule has 0 radical (unpaired) electrons. The average molecular weight is 336 g/mol. The number of hydrogen-bond donors (Lipinski definition) is 0. The molecule has 19 heteroatoms. The normalized spacial score (nSPS) is 10.8. The maximum atomic E-state index is 9.75. The Bertz CT molecular complexity index is 128. The molecule has 0 atom stereocenters. The second-order valence-electron chi connectivity index (χ2n) is 1.70. The molecule has 0 aliphatic rings. The summed E-state index contributed by atoms with van der Waals surface area (Å²) in [7, 11) is -18.0. The zero-order valence-electron chi connectivity index (χ0n) is 8.90. The van der Waals surface area contributed by atoms with Crippen LogP contribution in [0.3, 0.4) is 0 Å². The summed E-state index contributed by atoms with van der Waals surface area (Å²) in [6, 6.07) is 0. The van der Waals surface area contributed by atoms with E-state index in [1.54, 1.807) is 0 Å². The summed E-state index contributed by atoms with van der Waals surface area (Å²) in [4.78, 5) is 0. The van der Waals surface area contributed by atoms with Gasteiger partial charge in [-0.1, -0.05) is 0 Å². The van der Waals surface area contributed by atoms with Crippen molar-refractivity contribution in [3.05, 3.63) is 6.68 Å². The van der Waals surface area contributed by atoms with E-state index in [-0.39, 0.29) is 18.9 Å². The third-order valence-electron chi connectivity index (χ3n) is 0. The van der Waals surface area contributed by atoms with Gasteiger partial charge >= 0.3 is 40.6 Å². The van der Waals surface area contributed by atoms with Crippen LogP contribution in [0.1, 0.15) is 0 Å². The first-order chi connectivity index (χ1) is 7.73. The SMILES string of the molecule is F[B-](F)(F)F.F[B-](F)(F)F.F[B-](F)(F)F.F[C-](F)F.[Li+]. The van der Waals surface area contributed by atoms with Crippen LogP contribution in [0.15, 0.2) is 0 Å². The van der Waals surface area contributed by atoms with Gasteiger partial charge in [-0.05, 0) is 0 Å². The van der Waals surface area contributed by atoms with Gasteiger partial charge in [0.25, 0.3) is 0 Å². The Kier molecular flexibility index (Phi) is 21.9. The second-order valence-corrected chi connectivity index (χ2v) is 1.70. The van der Waals surface area contributed by atoms with E-state index in [1.165, 1.54) is 0 Å². The van der Waals surface area contributed by atoms with Gasteiger partial charge in [0.15, 0.2) is 6.68 Å². The molecule has 0 rings (SSSR count). The summed E-state index contributed by atoms with van der Waals surface area (Å²) in [5.74, 6) is 0. The fourth-order valence-corrected chi connectivity index (χ4v) is 0. The van der Waals surface area contributed by atoms with E-state index in [9.17, 15) is 65.0 Å². The molecule has 122 valence electrons. The van der Waals surface area contributed by atoms with Gasteiger partial charge in [-0.25, -0.2) is 0 Å². The maximum absolute atomic E-state index is 9.75. The average Bonchev–Trinajstić information content (AvgIpc) is 1.66. The van der Waals surface area contributed by atoms with Crippen molar-refractivity contribution >= 4 is 21.8 Å². The molecule has 0 saturated carbocycles. The molecule has 0 bridgehead atoms. The number of halogens is 15. The third kappa shape index (κ3) is 74800. The summed E-state index contributed by atoms with van der Waals surface area (Å²) in [5, 5.41) is 0. The predicted octanol–water partition coefficient (Wildman–Crippen LogP) is 2.25. The molecular weight excluding hydrogens is 336 g/mol. The summed E-state index contributed by atoms with van der Waals surface area (Å²) >= 11 is 0. The van der Waals surface area contributed by atoms with E-state index in [0.717, 1.165) is 0 Å². The first-order valence-corrected chi connectivity index (χ1v) is 3.19. The summed E-state index contributed by atoms with van der Waals surface area (Å²) in [6.07, 6.45) is 0. The van der Waals surface area contributed by atoms with Crippen LogP contribution in [-0.4, -0.2) is 21.8 Å². The Balaban J connectivity index is -0.0000000494. The smallest absolute Gasteiger partial charge is 0.418 e. The Morgan fingerprint density at radius 2 is 0.400 bits per heavy atom. The molecule has 0 N–H and O–H groups in total. The van der Waals surface area contributed by atoms with Crippen molar-refractivity contribution in [2.45, 2.75) is 0 Å². The van der Waals surface area contributed by atoms with Crippen molar-refractivity contribution in [3.63, 3.8) is 0 Å². The molecule has 0 saturated heterocycles. The molecule has 0 aliphatic carbocycles. The largest absolute Gasteiger partial charge is 1.00 e. The Morgan fingerprint density at radius 1 is 0.400 bits per heavy atom. The van der Waals surface area contributed by atoms with Crippen LogP contribution in [0.4, 0.5) is 65.0 Å². The molecule has 0 amide bonds. The zero-order chi connectivity index (χ0) is 17.1. The maximum Gasteiger partial charge on any atom is 1.00 e. The Labute approximate surface area is 113 Å². The van der Waals surface area contributed by atoms with E-state index in [0.29, 0.717) is 0 Å². The van der Waals surface area contributed by atoms with Gasteiger partial charge in [0.1, 0.15) is 0 Å². The molecule has 0 spiro atoms. The topological polar surface area (TPSA) is 0 Å². The Hall–Kier alpha value is -0.258. The van der Waals surface area contributed by atoms with E-state index in [2.05, 4.69) is 0 Å². The number of rotatable bonds is 0. The van der Waals surface area contributed by atoms with Gasteiger partial charge in [-0.2, -0.15) is 0 Å². The van der Waals surface area contributed by atoms with Crippen molar-refractivity contribution in [2.75, 3.05) is 0 Å². The van der Waals surface area contributed by atoms with E-state index in [1.807, 2.05) is 0 Å². The molecule has 0 heterocycles. The molecule has 0 nitrogen and oxygen atoms in total. The van der Waals surface area contributed by atoms with Crippen LogP contribution in [0.2, 0.25) is 0 Å². The van der Waals surface area contributed by atoms with Gasteiger partial charge in [0.05, 0.1) is 0 Å². The van der Waals surface area contributed by atoms with Crippen molar-refractivity contribution in [1.82, 2.24) is 0 Å². The summed E-state index contributed by atoms with van der Waals surface area (Å²) in [6.45, 7) is -3.08. The molecule has 0 unspecified atom stereocenters. The van der Waals surface area contributed by atoms with E-state index < -0.39 is 28.4 Å². The van der Waals surface area contributed by atoms with E-state index >= 15 is 0 Å². The van der Waals surface area contributed by atoms with Crippen LogP contribution >= 0.6 is 0 Å². The van der Waals surface area contributed by atoms with E-state index in [4.69, 9.17) is 0 Å². The molecule has 20 heavy (non-hydrogen) atoms. The van der Waals surface area contributed by atoms with Gasteiger partial charge in [0, 0.05) is 0 Å². The second kappa shape index (κ2) is 13.7. The van der Waals surface area contributed by atoms with Crippen LogP contribution in [0.25, 0.3) is 0 Å². The molecule has 0 fully saturated rings. The summed E-state index contributed by atoms with van der Waals surface area (Å²) in [5.41, 5.74) is 0. The molecule has 0 aromatic heterocycles. The minimum atomic E-state index is -6.00. The molecule has 0 aromatic rings. The van der Waals surface area contributed by atoms with Crippen LogP contribution < -0.4 is 18.9 Å². The zero-order valence-corrected chi connectivity index (χ0v) is 8.90. The fourth-order valence-electron chi connectivity index (χ4n) is 0. The molecule has 0 aliphatic heterocycles. The van der Waals surface area contributed by atoms with Crippen molar-refractivity contribution in [2.24, 2.45) is 0 Å². The van der Waals surface area contributed by atoms with Crippen LogP contribution in [-0.2, 0) is 0 Å². The van der Waals surface area contributed by atoms with Gasteiger partial charge < -0.3 is 65.0 Å². The quantitative estimate of drug-likeness (QED) is 0.362. The minimum Gasteiger partial charge on any atom is -0.418 e. The third-order valence-corrected chi connectivity index (χ3v) is 0. The minimum absolute atomic E-state index is 0. The van der Waals surface area contributed by atoms with Gasteiger partial charge in [-0.15, -0.1) is 0 Å². The molecular formula is CB3F15Li-3. The molecule has 0 aromatic carbocycles. The van der Waals surface area contributed by atoms with Crippen LogP contribution in [0, 0.1) is 6.68 Å². The first-order valence-electron chi connectivity index (χ1n) is 3.19. The van der Waals surface area contributed by atoms with Gasteiger partial charge in [0.2, 0.25) is 0 Å². The standard InChI is InChI=1S/CF3.3BF4.Li/c2-1(3)4;3*2-1(3,4)5;/q4*-1;+1. The van der Waals surface area contributed by atoms with Gasteiger partial charge in [-0.3, -0.25) is 0 Å². The Morgan fingerprint density at radius 3 is 0.400 bits per heavy atom.